The van der Waals surface area contributed by atoms with Crippen molar-refractivity contribution in [2.75, 3.05) is 11.1 Å². The molecule has 98 valence electrons. The number of carbonyl (C=O) groups excluding carboxylic acids is 1. The average Bonchev–Trinajstić information content (AvgIpc) is 2.31. The van der Waals surface area contributed by atoms with E-state index in [0.717, 1.165) is 12.1 Å². The first-order chi connectivity index (χ1) is 8.95. The lowest BCUT2D eigenvalue weighted by atomic mass is 10.2. The maximum absolute atomic E-state index is 13.1. The van der Waals surface area contributed by atoms with Gasteiger partial charge in [-0.25, -0.2) is 8.78 Å². The Morgan fingerprint density at radius 3 is 2.53 bits per heavy atom. The summed E-state index contributed by atoms with van der Waals surface area (Å²) in [5, 5.41) is 2.48. The van der Waals surface area contributed by atoms with Gasteiger partial charge in [0.2, 0.25) is 0 Å². The highest BCUT2D eigenvalue weighted by Crippen LogP contribution is 2.19. The van der Waals surface area contributed by atoms with Crippen LogP contribution in [-0.4, -0.2) is 5.91 Å². The number of nitrogen functional groups attached to an aromatic ring is 1. The summed E-state index contributed by atoms with van der Waals surface area (Å²) in [4.78, 5) is 11.9. The van der Waals surface area contributed by atoms with Crippen molar-refractivity contribution in [3.8, 4) is 0 Å². The number of carbonyl (C=O) groups is 1. The van der Waals surface area contributed by atoms with Gasteiger partial charge in [0.05, 0.1) is 4.47 Å². The topological polar surface area (TPSA) is 55.1 Å². The molecule has 2 aromatic carbocycles. The van der Waals surface area contributed by atoms with Crippen molar-refractivity contribution in [2.24, 2.45) is 0 Å². The molecule has 0 saturated carbocycles. The molecule has 0 atom stereocenters. The first-order valence-electron chi connectivity index (χ1n) is 5.28. The van der Waals surface area contributed by atoms with Gasteiger partial charge >= 0.3 is 0 Å². The molecule has 6 heteroatoms. The van der Waals surface area contributed by atoms with Crippen LogP contribution in [0.15, 0.2) is 40.9 Å². The summed E-state index contributed by atoms with van der Waals surface area (Å²) >= 11 is 2.99. The zero-order chi connectivity index (χ0) is 14.0. The van der Waals surface area contributed by atoms with E-state index in [1.165, 1.54) is 24.3 Å². The second kappa shape index (κ2) is 5.36. The molecule has 0 bridgehead atoms. The lowest BCUT2D eigenvalue weighted by molar-refractivity contribution is 0.102. The Labute approximate surface area is 116 Å². The van der Waals surface area contributed by atoms with Crippen molar-refractivity contribution in [2.45, 2.75) is 0 Å². The molecule has 0 aliphatic carbocycles. The predicted molar refractivity (Wildman–Crippen MR) is 72.9 cm³/mol. The van der Waals surface area contributed by atoms with Crippen LogP contribution in [0.25, 0.3) is 0 Å². The van der Waals surface area contributed by atoms with Crippen LogP contribution in [-0.2, 0) is 0 Å². The van der Waals surface area contributed by atoms with Gasteiger partial charge in [-0.15, -0.1) is 0 Å². The van der Waals surface area contributed by atoms with E-state index >= 15 is 0 Å². The SMILES string of the molecule is Nc1cc(F)cc(NC(=O)c2ccc(F)c(Br)c2)c1. The standard InChI is InChI=1S/C13H9BrF2N2O/c14-11-3-7(1-2-12(11)16)13(19)18-10-5-8(15)4-9(17)6-10/h1-6H,17H2,(H,18,19). The minimum absolute atomic E-state index is 0.180. The van der Waals surface area contributed by atoms with Gasteiger partial charge in [-0.05, 0) is 52.3 Å². The van der Waals surface area contributed by atoms with Gasteiger partial charge in [0.15, 0.2) is 0 Å². The van der Waals surface area contributed by atoms with Crippen molar-refractivity contribution < 1.29 is 13.6 Å². The molecule has 19 heavy (non-hydrogen) atoms. The number of nitrogens with one attached hydrogen (secondary N) is 1. The Morgan fingerprint density at radius 2 is 1.89 bits per heavy atom. The van der Waals surface area contributed by atoms with Gasteiger partial charge in [-0.1, -0.05) is 0 Å². The molecule has 0 aliphatic rings. The Bertz CT molecular complexity index is 626. The predicted octanol–water partition coefficient (Wildman–Crippen LogP) is 3.56. The van der Waals surface area contributed by atoms with Crippen molar-refractivity contribution in [3.63, 3.8) is 0 Å². The fourth-order valence-corrected chi connectivity index (χ4v) is 1.90. The number of amides is 1. The largest absolute Gasteiger partial charge is 0.399 e. The molecule has 1 amide bonds. The van der Waals surface area contributed by atoms with Gasteiger partial charge < -0.3 is 11.1 Å². The molecule has 2 rings (SSSR count). The quantitative estimate of drug-likeness (QED) is 0.829. The summed E-state index contributed by atoms with van der Waals surface area (Å²) in [6.45, 7) is 0. The van der Waals surface area contributed by atoms with Crippen molar-refractivity contribution in [1.29, 1.82) is 0 Å². The molecule has 0 aromatic heterocycles. The summed E-state index contributed by atoms with van der Waals surface area (Å²) in [7, 11) is 0. The Hall–Kier alpha value is -1.95. The van der Waals surface area contributed by atoms with Crippen molar-refractivity contribution >= 4 is 33.2 Å². The molecule has 2 aromatic rings. The van der Waals surface area contributed by atoms with Gasteiger partial charge in [-0.3, -0.25) is 4.79 Å². The van der Waals surface area contributed by atoms with Crippen LogP contribution in [0.2, 0.25) is 0 Å². The molecular formula is C13H9BrF2N2O. The minimum Gasteiger partial charge on any atom is -0.399 e. The number of benzene rings is 2. The maximum atomic E-state index is 13.1. The van der Waals surface area contributed by atoms with Crippen molar-refractivity contribution in [3.05, 3.63) is 58.1 Å². The number of nitrogens with two attached hydrogens (primary N) is 1. The van der Waals surface area contributed by atoms with E-state index in [2.05, 4.69) is 21.2 Å². The number of hydrogen-bond donors (Lipinski definition) is 2. The minimum atomic E-state index is -0.546. The summed E-state index contributed by atoms with van der Waals surface area (Å²) in [5.74, 6) is -1.49. The van der Waals surface area contributed by atoms with E-state index in [-0.39, 0.29) is 21.4 Å². The highest BCUT2D eigenvalue weighted by atomic mass is 79.9. The number of anilines is 2. The van der Waals surface area contributed by atoms with E-state index in [4.69, 9.17) is 5.73 Å². The summed E-state index contributed by atoms with van der Waals surface area (Å²) in [5.41, 5.74) is 6.16. The van der Waals surface area contributed by atoms with Gasteiger partial charge in [0, 0.05) is 16.9 Å². The lowest BCUT2D eigenvalue weighted by Crippen LogP contribution is -2.12. The molecule has 0 spiro atoms. The third-order valence-corrected chi connectivity index (χ3v) is 2.97. The van der Waals surface area contributed by atoms with E-state index < -0.39 is 17.5 Å². The van der Waals surface area contributed by atoms with Crippen LogP contribution in [0.4, 0.5) is 20.2 Å². The molecule has 0 aliphatic heterocycles. The molecule has 0 saturated heterocycles. The molecule has 3 nitrogen and oxygen atoms in total. The third-order valence-electron chi connectivity index (χ3n) is 2.36. The van der Waals surface area contributed by atoms with Crippen LogP contribution in [0.5, 0.6) is 0 Å². The highest BCUT2D eigenvalue weighted by molar-refractivity contribution is 9.10. The second-order valence-corrected chi connectivity index (χ2v) is 4.71. The van der Waals surface area contributed by atoms with E-state index in [1.54, 1.807) is 0 Å². The molecular weight excluding hydrogens is 318 g/mol. The van der Waals surface area contributed by atoms with E-state index in [9.17, 15) is 13.6 Å². The Morgan fingerprint density at radius 1 is 1.16 bits per heavy atom. The maximum Gasteiger partial charge on any atom is 0.255 e. The lowest BCUT2D eigenvalue weighted by Gasteiger charge is -2.07. The van der Waals surface area contributed by atoms with Crippen LogP contribution >= 0.6 is 15.9 Å². The average molecular weight is 327 g/mol. The number of hydrogen-bond acceptors (Lipinski definition) is 2. The summed E-state index contributed by atoms with van der Waals surface area (Å²) in [6.07, 6.45) is 0. The molecule has 3 N–H and O–H groups in total. The van der Waals surface area contributed by atoms with Crippen LogP contribution < -0.4 is 11.1 Å². The molecule has 0 radical (unpaired) electrons. The fraction of sp³-hybridized carbons (Fsp3) is 0. The van der Waals surface area contributed by atoms with Gasteiger partial charge in [0.1, 0.15) is 11.6 Å². The van der Waals surface area contributed by atoms with Crippen molar-refractivity contribution in [1.82, 2.24) is 0 Å². The summed E-state index contributed by atoms with van der Waals surface area (Å²) < 4.78 is 26.3. The molecule has 0 heterocycles. The van der Waals surface area contributed by atoms with Crippen LogP contribution in [0.1, 0.15) is 10.4 Å². The third kappa shape index (κ3) is 3.29. The monoisotopic (exact) mass is 326 g/mol. The Balaban J connectivity index is 2.22. The van der Waals surface area contributed by atoms with Gasteiger partial charge in [-0.2, -0.15) is 0 Å². The fourth-order valence-electron chi connectivity index (χ4n) is 1.53. The Kier molecular flexibility index (Phi) is 3.80. The molecule has 0 unspecified atom stereocenters. The zero-order valence-corrected chi connectivity index (χ0v) is 11.2. The molecule has 0 fully saturated rings. The van der Waals surface area contributed by atoms with E-state index in [1.807, 2.05) is 0 Å². The van der Waals surface area contributed by atoms with Gasteiger partial charge in [0.25, 0.3) is 5.91 Å². The van der Waals surface area contributed by atoms with E-state index in [0.29, 0.717) is 0 Å². The number of rotatable bonds is 2. The van der Waals surface area contributed by atoms with Crippen LogP contribution in [0, 0.1) is 11.6 Å². The number of halogens is 3. The van der Waals surface area contributed by atoms with Crippen LogP contribution in [0.3, 0.4) is 0 Å². The smallest absolute Gasteiger partial charge is 0.255 e. The first-order valence-corrected chi connectivity index (χ1v) is 6.07. The first kappa shape index (κ1) is 13.5. The summed E-state index contributed by atoms with van der Waals surface area (Å²) in [6, 6.07) is 7.56. The second-order valence-electron chi connectivity index (χ2n) is 3.86. The highest BCUT2D eigenvalue weighted by Gasteiger charge is 2.09. The normalized spacial score (nSPS) is 10.3. The zero-order valence-electron chi connectivity index (χ0n) is 9.58.